The molecule has 2 unspecified atom stereocenters. The Hall–Kier alpha value is -1.59. The number of aliphatic carboxylic acids is 1. The lowest BCUT2D eigenvalue weighted by molar-refractivity contribution is -0.149. The molecule has 102 valence electrons. The Morgan fingerprint density at radius 2 is 1.83 bits per heavy atom. The van der Waals surface area contributed by atoms with Gasteiger partial charge in [0.25, 0.3) is 0 Å². The van der Waals surface area contributed by atoms with E-state index < -0.39 is 23.8 Å². The second-order valence-corrected chi connectivity index (χ2v) is 4.45. The first-order valence-electron chi connectivity index (χ1n) is 6.13. The molecule has 0 heterocycles. The maximum absolute atomic E-state index is 11.9. The summed E-state index contributed by atoms with van der Waals surface area (Å²) in [4.78, 5) is 33.8. The molecule has 1 fully saturated rings. The molecule has 1 aliphatic rings. The van der Waals surface area contributed by atoms with E-state index in [1.807, 2.05) is 0 Å². The third-order valence-corrected chi connectivity index (χ3v) is 3.28. The Labute approximate surface area is 106 Å². The van der Waals surface area contributed by atoms with Crippen LogP contribution in [0.15, 0.2) is 0 Å². The number of carboxylic acid groups (broad SMARTS) is 1. The summed E-state index contributed by atoms with van der Waals surface area (Å²) in [5.41, 5.74) is 0. The Balaban J connectivity index is 2.43. The summed E-state index contributed by atoms with van der Waals surface area (Å²) >= 11 is 0. The molecule has 0 aromatic heterocycles. The number of rotatable bonds is 5. The summed E-state index contributed by atoms with van der Waals surface area (Å²) in [6.07, 6.45) is 2.97. The van der Waals surface area contributed by atoms with Crippen molar-refractivity contribution in [3.05, 3.63) is 0 Å². The number of amides is 1. The summed E-state index contributed by atoms with van der Waals surface area (Å²) in [6, 6.07) is 0. The minimum Gasteiger partial charge on any atom is -0.481 e. The molecule has 2 atom stereocenters. The molecular formula is C12H19NO5. The Kier molecular flexibility index (Phi) is 5.61. The van der Waals surface area contributed by atoms with Crippen molar-refractivity contribution < 1.29 is 24.2 Å². The van der Waals surface area contributed by atoms with Crippen molar-refractivity contribution in [2.24, 2.45) is 11.8 Å². The molecule has 0 aliphatic heterocycles. The maximum atomic E-state index is 11.9. The van der Waals surface area contributed by atoms with Crippen LogP contribution >= 0.6 is 0 Å². The number of carbonyl (C=O) groups is 3. The molecule has 2 N–H and O–H groups in total. The predicted molar refractivity (Wildman–Crippen MR) is 62.7 cm³/mol. The third kappa shape index (κ3) is 4.01. The van der Waals surface area contributed by atoms with Crippen molar-refractivity contribution in [1.29, 1.82) is 0 Å². The molecule has 0 spiro atoms. The van der Waals surface area contributed by atoms with Gasteiger partial charge in [-0.3, -0.25) is 14.4 Å². The van der Waals surface area contributed by atoms with Crippen molar-refractivity contribution in [2.75, 3.05) is 13.7 Å². The first-order chi connectivity index (χ1) is 8.56. The fourth-order valence-electron chi connectivity index (χ4n) is 2.26. The Morgan fingerprint density at radius 3 is 2.39 bits per heavy atom. The molecule has 0 radical (unpaired) electrons. The summed E-state index contributed by atoms with van der Waals surface area (Å²) in [5, 5.41) is 11.7. The van der Waals surface area contributed by atoms with E-state index in [1.165, 1.54) is 7.11 Å². The molecular weight excluding hydrogens is 238 g/mol. The standard InChI is InChI=1S/C12H19NO5/c1-18-10(14)6-7-13-11(15)8-4-2-3-5-9(8)12(16)17/h8-9H,2-7H2,1H3,(H,13,15)(H,16,17). The number of esters is 1. The fraction of sp³-hybridized carbons (Fsp3) is 0.750. The second-order valence-electron chi connectivity index (χ2n) is 4.45. The molecule has 0 aromatic rings. The van der Waals surface area contributed by atoms with E-state index in [0.717, 1.165) is 12.8 Å². The lowest BCUT2D eigenvalue weighted by Gasteiger charge is -2.27. The van der Waals surface area contributed by atoms with Gasteiger partial charge in [-0.15, -0.1) is 0 Å². The van der Waals surface area contributed by atoms with E-state index in [1.54, 1.807) is 0 Å². The molecule has 0 bridgehead atoms. The van der Waals surface area contributed by atoms with E-state index in [-0.39, 0.29) is 18.9 Å². The molecule has 0 aromatic carbocycles. The lowest BCUT2D eigenvalue weighted by atomic mass is 9.79. The van der Waals surface area contributed by atoms with Gasteiger partial charge in [-0.1, -0.05) is 12.8 Å². The van der Waals surface area contributed by atoms with E-state index in [9.17, 15) is 14.4 Å². The number of hydrogen-bond acceptors (Lipinski definition) is 4. The SMILES string of the molecule is COC(=O)CCNC(=O)C1CCCCC1C(=O)O. The number of nitrogens with one attached hydrogen (secondary N) is 1. The number of carbonyl (C=O) groups excluding carboxylic acids is 2. The van der Waals surface area contributed by atoms with Crippen molar-refractivity contribution in [3.63, 3.8) is 0 Å². The van der Waals surface area contributed by atoms with Gasteiger partial charge in [0.05, 0.1) is 25.4 Å². The van der Waals surface area contributed by atoms with Gasteiger partial charge in [0.2, 0.25) is 5.91 Å². The largest absolute Gasteiger partial charge is 0.481 e. The lowest BCUT2D eigenvalue weighted by Crippen LogP contribution is -2.40. The van der Waals surface area contributed by atoms with Crippen LogP contribution in [0.1, 0.15) is 32.1 Å². The molecule has 1 saturated carbocycles. The average Bonchev–Trinajstić information content (AvgIpc) is 2.38. The van der Waals surface area contributed by atoms with Gasteiger partial charge in [0.1, 0.15) is 0 Å². The third-order valence-electron chi connectivity index (χ3n) is 3.28. The van der Waals surface area contributed by atoms with Gasteiger partial charge in [0, 0.05) is 6.54 Å². The summed E-state index contributed by atoms with van der Waals surface area (Å²) < 4.78 is 4.45. The molecule has 1 aliphatic carbocycles. The van der Waals surface area contributed by atoms with Crippen molar-refractivity contribution in [3.8, 4) is 0 Å². The zero-order valence-corrected chi connectivity index (χ0v) is 10.5. The van der Waals surface area contributed by atoms with E-state index >= 15 is 0 Å². The Morgan fingerprint density at radius 1 is 1.22 bits per heavy atom. The van der Waals surface area contributed by atoms with Crippen LogP contribution in [0, 0.1) is 11.8 Å². The minimum absolute atomic E-state index is 0.104. The quantitative estimate of drug-likeness (QED) is 0.702. The van der Waals surface area contributed by atoms with E-state index in [2.05, 4.69) is 10.1 Å². The fourth-order valence-corrected chi connectivity index (χ4v) is 2.26. The van der Waals surface area contributed by atoms with Crippen LogP contribution in [0.4, 0.5) is 0 Å². The average molecular weight is 257 g/mol. The second kappa shape index (κ2) is 6.98. The highest BCUT2D eigenvalue weighted by molar-refractivity contribution is 5.85. The molecule has 6 nitrogen and oxygen atoms in total. The monoisotopic (exact) mass is 257 g/mol. The van der Waals surface area contributed by atoms with Crippen LogP contribution in [-0.4, -0.2) is 36.6 Å². The first kappa shape index (κ1) is 14.5. The van der Waals surface area contributed by atoms with Gasteiger partial charge in [-0.05, 0) is 12.8 Å². The number of carboxylic acids is 1. The summed E-state index contributed by atoms with van der Waals surface area (Å²) in [6.45, 7) is 0.189. The van der Waals surface area contributed by atoms with Crippen molar-refractivity contribution >= 4 is 17.8 Å². The molecule has 1 amide bonds. The number of ether oxygens (including phenoxy) is 1. The highest BCUT2D eigenvalue weighted by Gasteiger charge is 2.35. The van der Waals surface area contributed by atoms with Crippen LogP contribution in [0.5, 0.6) is 0 Å². The molecule has 0 saturated heterocycles. The van der Waals surface area contributed by atoms with E-state index in [4.69, 9.17) is 5.11 Å². The van der Waals surface area contributed by atoms with Crippen molar-refractivity contribution in [2.45, 2.75) is 32.1 Å². The van der Waals surface area contributed by atoms with Crippen LogP contribution in [-0.2, 0) is 19.1 Å². The predicted octanol–water partition coefficient (Wildman–Crippen LogP) is 0.557. The number of methoxy groups -OCH3 is 1. The minimum atomic E-state index is -0.914. The number of hydrogen-bond donors (Lipinski definition) is 2. The zero-order valence-electron chi connectivity index (χ0n) is 10.5. The highest BCUT2D eigenvalue weighted by Crippen LogP contribution is 2.30. The molecule has 6 heteroatoms. The zero-order chi connectivity index (χ0) is 13.5. The molecule has 18 heavy (non-hydrogen) atoms. The van der Waals surface area contributed by atoms with Crippen LogP contribution in [0.3, 0.4) is 0 Å². The van der Waals surface area contributed by atoms with Gasteiger partial charge >= 0.3 is 11.9 Å². The van der Waals surface area contributed by atoms with Gasteiger partial charge < -0.3 is 15.2 Å². The van der Waals surface area contributed by atoms with Crippen LogP contribution in [0.2, 0.25) is 0 Å². The highest BCUT2D eigenvalue weighted by atomic mass is 16.5. The van der Waals surface area contributed by atoms with E-state index in [0.29, 0.717) is 12.8 Å². The van der Waals surface area contributed by atoms with Crippen LogP contribution < -0.4 is 5.32 Å². The normalized spacial score (nSPS) is 23.2. The topological polar surface area (TPSA) is 92.7 Å². The Bertz CT molecular complexity index is 328. The van der Waals surface area contributed by atoms with Gasteiger partial charge in [0.15, 0.2) is 0 Å². The van der Waals surface area contributed by atoms with Crippen molar-refractivity contribution in [1.82, 2.24) is 5.32 Å². The maximum Gasteiger partial charge on any atom is 0.307 e. The molecule has 1 rings (SSSR count). The van der Waals surface area contributed by atoms with Gasteiger partial charge in [-0.25, -0.2) is 0 Å². The summed E-state index contributed by atoms with van der Waals surface area (Å²) in [7, 11) is 1.28. The van der Waals surface area contributed by atoms with Gasteiger partial charge in [-0.2, -0.15) is 0 Å². The van der Waals surface area contributed by atoms with Crippen LogP contribution in [0.25, 0.3) is 0 Å². The smallest absolute Gasteiger partial charge is 0.307 e. The summed E-state index contributed by atoms with van der Waals surface area (Å²) in [5.74, 6) is -2.66. The first-order valence-corrected chi connectivity index (χ1v) is 6.13.